The van der Waals surface area contributed by atoms with Gasteiger partial charge in [0, 0.05) is 11.3 Å². The predicted octanol–water partition coefficient (Wildman–Crippen LogP) is 0.367. The monoisotopic (exact) mass is 223 g/mol. The average molecular weight is 224 g/mol. The molecule has 1 aromatic carbocycles. The highest BCUT2D eigenvalue weighted by atomic mass is 35.5. The van der Waals surface area contributed by atoms with Gasteiger partial charge in [0.15, 0.2) is 5.75 Å². The van der Waals surface area contributed by atoms with Crippen LogP contribution in [0.4, 0.5) is 5.69 Å². The highest BCUT2D eigenvalue weighted by Gasteiger charge is 1.98. The zero-order valence-corrected chi connectivity index (χ0v) is 8.01. The molecule has 7 heteroatoms. The molecule has 1 aromatic rings. The number of phenolic OH excluding ortho intramolecular Hbond substituents is 1. The Bertz CT molecular complexity index is 284. The number of aromatic hydroxyl groups is 1. The molecule has 0 aliphatic carbocycles. The molecular formula is C6H8ClN2O3S-. The van der Waals surface area contributed by atoms with Crippen LogP contribution in [0.15, 0.2) is 18.2 Å². The fourth-order valence-corrected chi connectivity index (χ4v) is 0.714. The summed E-state index contributed by atoms with van der Waals surface area (Å²) in [5.74, 6) is -0.0424. The van der Waals surface area contributed by atoms with Gasteiger partial charge in [-0.05, 0) is 12.1 Å². The van der Waals surface area contributed by atoms with Crippen LogP contribution in [0.25, 0.3) is 0 Å². The molecule has 1 rings (SSSR count). The lowest BCUT2D eigenvalue weighted by Crippen LogP contribution is -1.97. The Kier molecular flexibility index (Phi) is 5.40. The van der Waals surface area contributed by atoms with Crippen molar-refractivity contribution < 1.29 is 13.9 Å². The molecule has 1 unspecified atom stereocenters. The Balaban J connectivity index is 0.000000310. The second kappa shape index (κ2) is 5.76. The third-order valence-electron chi connectivity index (χ3n) is 1.02. The fourth-order valence-electron chi connectivity index (χ4n) is 0.532. The molecule has 5 N–H and O–H groups in total. The zero-order chi connectivity index (χ0) is 10.4. The van der Waals surface area contributed by atoms with E-state index in [1.54, 1.807) is 18.2 Å². The number of benzene rings is 1. The van der Waals surface area contributed by atoms with Gasteiger partial charge in [0.1, 0.15) is 0 Å². The molecule has 0 aliphatic rings. The molecular weight excluding hydrogens is 216 g/mol. The van der Waals surface area contributed by atoms with Gasteiger partial charge < -0.3 is 15.4 Å². The van der Waals surface area contributed by atoms with E-state index in [2.05, 4.69) is 5.14 Å². The van der Waals surface area contributed by atoms with E-state index in [0.29, 0.717) is 5.69 Å². The summed E-state index contributed by atoms with van der Waals surface area (Å²) in [6, 6.07) is 4.84. The number of anilines is 1. The summed E-state index contributed by atoms with van der Waals surface area (Å²) in [7, 11) is 0. The van der Waals surface area contributed by atoms with Crippen LogP contribution in [0.1, 0.15) is 0 Å². The van der Waals surface area contributed by atoms with E-state index < -0.39 is 11.3 Å². The molecule has 1 atom stereocenters. The van der Waals surface area contributed by atoms with Crippen molar-refractivity contribution in [2.24, 2.45) is 5.14 Å². The highest BCUT2D eigenvalue weighted by Crippen LogP contribution is 2.28. The van der Waals surface area contributed by atoms with Gasteiger partial charge in [0.05, 0.1) is 10.7 Å². The topological polar surface area (TPSA) is 112 Å². The molecule has 0 bridgehead atoms. The lowest BCUT2D eigenvalue weighted by atomic mass is 10.3. The summed E-state index contributed by atoms with van der Waals surface area (Å²) < 4.78 is 17.6. The van der Waals surface area contributed by atoms with E-state index >= 15 is 0 Å². The van der Waals surface area contributed by atoms with Crippen molar-refractivity contribution in [2.75, 3.05) is 5.73 Å². The van der Waals surface area contributed by atoms with Crippen LogP contribution in [0.2, 0.25) is 5.02 Å². The lowest BCUT2D eigenvalue weighted by Gasteiger charge is -1.97. The predicted molar refractivity (Wildman–Crippen MR) is 50.6 cm³/mol. The first-order valence-corrected chi connectivity index (χ1v) is 4.53. The van der Waals surface area contributed by atoms with E-state index in [0.717, 1.165) is 0 Å². The van der Waals surface area contributed by atoms with E-state index in [-0.39, 0.29) is 10.8 Å². The highest BCUT2D eigenvalue weighted by molar-refractivity contribution is 7.76. The maximum Gasteiger partial charge on any atom is 0.157 e. The van der Waals surface area contributed by atoms with Gasteiger partial charge in [-0.1, -0.05) is 17.7 Å². The van der Waals surface area contributed by atoms with E-state index in [4.69, 9.17) is 31.2 Å². The van der Waals surface area contributed by atoms with Crippen LogP contribution < -0.4 is 10.9 Å². The summed E-state index contributed by atoms with van der Waals surface area (Å²) >= 11 is 3.12. The molecule has 5 nitrogen and oxygen atoms in total. The standard InChI is InChI=1S/C6H6ClNO.H3NO2S/c7-4-2-1-3-5(8)6(4)9;1-4(2)3/h1-3,9H,8H2;1H2,(H,2,3)/p-1. The molecule has 0 saturated heterocycles. The third kappa shape index (κ3) is 5.42. The molecule has 74 valence electrons. The van der Waals surface area contributed by atoms with E-state index in [9.17, 15) is 0 Å². The first kappa shape index (κ1) is 12.2. The molecule has 0 fully saturated rings. The molecule has 0 heterocycles. The SMILES string of the molecule is NS(=O)[O-].Nc1cccc(Cl)c1O. The van der Waals surface area contributed by atoms with Crippen molar-refractivity contribution in [1.82, 2.24) is 0 Å². The van der Waals surface area contributed by atoms with E-state index in [1.165, 1.54) is 0 Å². The second-order valence-electron chi connectivity index (χ2n) is 1.94. The zero-order valence-electron chi connectivity index (χ0n) is 6.44. The maximum absolute atomic E-state index is 8.95. The minimum atomic E-state index is -2.36. The normalized spacial score (nSPS) is 11.3. The summed E-state index contributed by atoms with van der Waals surface area (Å²) in [6.45, 7) is 0. The van der Waals surface area contributed by atoms with Crippen molar-refractivity contribution in [2.45, 2.75) is 0 Å². The number of hydrogen-bond acceptors (Lipinski definition) is 4. The summed E-state index contributed by atoms with van der Waals surface area (Å²) in [6.07, 6.45) is 0. The number of para-hydroxylation sites is 1. The third-order valence-corrected chi connectivity index (χ3v) is 1.32. The first-order valence-electron chi connectivity index (χ1n) is 3.01. The Morgan fingerprint density at radius 3 is 2.31 bits per heavy atom. The summed E-state index contributed by atoms with van der Waals surface area (Å²) in [5.41, 5.74) is 5.59. The van der Waals surface area contributed by atoms with Crippen LogP contribution in [-0.2, 0) is 11.3 Å². The average Bonchev–Trinajstić information content (AvgIpc) is 1.99. The van der Waals surface area contributed by atoms with Gasteiger partial charge in [-0.25, -0.2) is 0 Å². The van der Waals surface area contributed by atoms with E-state index in [1.807, 2.05) is 0 Å². The van der Waals surface area contributed by atoms with Crippen molar-refractivity contribution in [3.05, 3.63) is 23.2 Å². The number of nitrogen functional groups attached to an aromatic ring is 1. The van der Waals surface area contributed by atoms with Gasteiger partial charge in [0.2, 0.25) is 0 Å². The number of nitrogens with two attached hydrogens (primary N) is 2. The molecule has 0 aromatic heterocycles. The Morgan fingerprint density at radius 2 is 2.00 bits per heavy atom. The van der Waals surface area contributed by atoms with Gasteiger partial charge in [0.25, 0.3) is 0 Å². The lowest BCUT2D eigenvalue weighted by molar-refractivity contribution is 0.478. The summed E-state index contributed by atoms with van der Waals surface area (Å²) in [5, 5.41) is 13.3. The van der Waals surface area contributed by atoms with Crippen LogP contribution in [0.3, 0.4) is 0 Å². The quantitative estimate of drug-likeness (QED) is 0.335. The van der Waals surface area contributed by atoms with Crippen molar-refractivity contribution in [1.29, 1.82) is 0 Å². The van der Waals surface area contributed by atoms with Crippen LogP contribution in [-0.4, -0.2) is 13.9 Å². The van der Waals surface area contributed by atoms with Crippen LogP contribution in [0, 0.1) is 0 Å². The molecule has 0 amide bonds. The molecule has 13 heavy (non-hydrogen) atoms. The van der Waals surface area contributed by atoms with Crippen molar-refractivity contribution in [3.8, 4) is 5.75 Å². The molecule has 0 radical (unpaired) electrons. The van der Waals surface area contributed by atoms with Crippen molar-refractivity contribution in [3.63, 3.8) is 0 Å². The van der Waals surface area contributed by atoms with Crippen molar-refractivity contribution >= 4 is 28.6 Å². The number of rotatable bonds is 0. The molecule has 0 spiro atoms. The minimum Gasteiger partial charge on any atom is -0.760 e. The maximum atomic E-state index is 8.95. The van der Waals surface area contributed by atoms with Crippen LogP contribution in [0.5, 0.6) is 5.75 Å². The fraction of sp³-hybridized carbons (Fsp3) is 0. The molecule has 0 aliphatic heterocycles. The van der Waals surface area contributed by atoms with Gasteiger partial charge >= 0.3 is 0 Å². The van der Waals surface area contributed by atoms with Gasteiger partial charge in [-0.2, -0.15) is 0 Å². The Morgan fingerprint density at radius 1 is 1.54 bits per heavy atom. The number of hydrogen-bond donors (Lipinski definition) is 3. The summed E-state index contributed by atoms with van der Waals surface area (Å²) in [4.78, 5) is 0. The largest absolute Gasteiger partial charge is 0.760 e. The first-order chi connectivity index (χ1) is 5.95. The Labute approximate surface area is 82.7 Å². The van der Waals surface area contributed by atoms with Gasteiger partial charge in [-0.3, -0.25) is 9.35 Å². The smallest absolute Gasteiger partial charge is 0.157 e. The second-order valence-corrected chi connectivity index (χ2v) is 2.87. The molecule has 0 saturated carbocycles. The van der Waals surface area contributed by atoms with Gasteiger partial charge in [-0.15, -0.1) is 0 Å². The van der Waals surface area contributed by atoms with Crippen LogP contribution >= 0.6 is 11.6 Å². The number of phenols is 1. The number of halogens is 1. The minimum absolute atomic E-state index is 0.0424. The Hall–Kier alpha value is -0.820.